The number of halogens is 3. The van der Waals surface area contributed by atoms with Gasteiger partial charge >= 0.3 is 6.36 Å². The molecule has 8 nitrogen and oxygen atoms in total. The molecule has 0 radical (unpaired) electrons. The predicted molar refractivity (Wildman–Crippen MR) is 114 cm³/mol. The van der Waals surface area contributed by atoms with Crippen molar-refractivity contribution in [3.05, 3.63) is 29.3 Å². The van der Waals surface area contributed by atoms with E-state index in [1.165, 1.54) is 12.1 Å². The van der Waals surface area contributed by atoms with Crippen molar-refractivity contribution in [1.29, 1.82) is 5.26 Å². The monoisotopic (exact) mass is 480 g/mol. The maximum absolute atomic E-state index is 13.2. The van der Waals surface area contributed by atoms with E-state index in [1.54, 1.807) is 17.9 Å². The topological polar surface area (TPSA) is 112 Å². The van der Waals surface area contributed by atoms with Crippen molar-refractivity contribution < 1.29 is 32.3 Å². The van der Waals surface area contributed by atoms with Gasteiger partial charge in [-0.25, -0.2) is 0 Å². The van der Waals surface area contributed by atoms with Crippen LogP contribution in [0.5, 0.6) is 5.75 Å². The van der Waals surface area contributed by atoms with Crippen molar-refractivity contribution in [3.63, 3.8) is 0 Å². The van der Waals surface area contributed by atoms with Crippen LogP contribution >= 0.6 is 0 Å². The molecule has 184 valence electrons. The molecule has 1 saturated heterocycles. The fourth-order valence-electron chi connectivity index (χ4n) is 4.27. The van der Waals surface area contributed by atoms with Crippen molar-refractivity contribution in [1.82, 2.24) is 15.5 Å². The number of rotatable bonds is 7. The van der Waals surface area contributed by atoms with Crippen molar-refractivity contribution in [2.24, 2.45) is 5.92 Å². The number of piperidine rings is 1. The molecule has 2 aliphatic rings. The molecular formula is C23H27F3N4O4. The molecule has 3 rings (SSSR count). The van der Waals surface area contributed by atoms with Crippen LogP contribution in [0.2, 0.25) is 0 Å². The average Bonchev–Trinajstić information content (AvgIpc) is 2.78. The Labute approximate surface area is 195 Å². The van der Waals surface area contributed by atoms with Crippen LogP contribution in [0.1, 0.15) is 56.6 Å². The standard InChI is InChI=1S/C23H27F3N4O4/c1-2-19(31)29-22(8-4-9-22)21(33)30-10-3-5-17(14-30)20(32)28-13-16-7-6-15(12-27)11-18(16)34-23(24,25)26/h6-7,11,17H,2-5,8-10,13-14H2,1H3,(H,28,32)(H,29,31)/t17-/m1/s1. The zero-order valence-electron chi connectivity index (χ0n) is 18.8. The zero-order chi connectivity index (χ0) is 24.9. The average molecular weight is 480 g/mol. The Hall–Kier alpha value is -3.29. The van der Waals surface area contributed by atoms with Crippen molar-refractivity contribution in [3.8, 4) is 11.8 Å². The fraction of sp³-hybridized carbons (Fsp3) is 0.565. The lowest BCUT2D eigenvalue weighted by Crippen LogP contribution is -2.64. The van der Waals surface area contributed by atoms with Crippen molar-refractivity contribution in [2.45, 2.75) is 63.9 Å². The number of nitrogens with one attached hydrogen (secondary N) is 2. The number of hydrogen-bond donors (Lipinski definition) is 2. The molecule has 0 unspecified atom stereocenters. The number of ether oxygens (including phenoxy) is 1. The van der Waals surface area contributed by atoms with Crippen LogP contribution in [-0.4, -0.2) is 47.6 Å². The van der Waals surface area contributed by atoms with Gasteiger partial charge < -0.3 is 20.3 Å². The molecule has 2 fully saturated rings. The number of likely N-dealkylation sites (tertiary alicyclic amines) is 1. The lowest BCUT2D eigenvalue weighted by molar-refractivity contribution is -0.274. The lowest BCUT2D eigenvalue weighted by atomic mass is 9.75. The molecule has 1 aromatic carbocycles. The van der Waals surface area contributed by atoms with E-state index in [0.29, 0.717) is 32.2 Å². The number of carbonyl (C=O) groups is 3. The van der Waals surface area contributed by atoms with Crippen LogP contribution in [0.25, 0.3) is 0 Å². The summed E-state index contributed by atoms with van der Waals surface area (Å²) >= 11 is 0. The number of carbonyl (C=O) groups excluding carboxylic acids is 3. The lowest BCUT2D eigenvalue weighted by Gasteiger charge is -2.45. The van der Waals surface area contributed by atoms with Gasteiger partial charge in [-0.2, -0.15) is 5.26 Å². The minimum atomic E-state index is -4.94. The Morgan fingerprint density at radius 3 is 2.59 bits per heavy atom. The normalized spacial score (nSPS) is 19.4. The van der Waals surface area contributed by atoms with Gasteiger partial charge in [0.25, 0.3) is 0 Å². The predicted octanol–water partition coefficient (Wildman–Crippen LogP) is 2.76. The van der Waals surface area contributed by atoms with Gasteiger partial charge in [0.15, 0.2) is 0 Å². The first-order valence-electron chi connectivity index (χ1n) is 11.2. The van der Waals surface area contributed by atoms with Gasteiger partial charge in [-0.1, -0.05) is 13.0 Å². The van der Waals surface area contributed by atoms with E-state index in [1.807, 2.05) is 0 Å². The fourth-order valence-corrected chi connectivity index (χ4v) is 4.27. The molecule has 3 amide bonds. The molecule has 1 aromatic rings. The van der Waals surface area contributed by atoms with Gasteiger partial charge in [0.2, 0.25) is 17.7 Å². The Balaban J connectivity index is 1.63. The molecule has 0 aromatic heterocycles. The highest BCUT2D eigenvalue weighted by atomic mass is 19.4. The van der Waals surface area contributed by atoms with Gasteiger partial charge in [0.05, 0.1) is 17.6 Å². The molecule has 2 N–H and O–H groups in total. The molecule has 1 saturated carbocycles. The van der Waals surface area contributed by atoms with E-state index >= 15 is 0 Å². The largest absolute Gasteiger partial charge is 0.573 e. The summed E-state index contributed by atoms with van der Waals surface area (Å²) in [4.78, 5) is 39.5. The highest BCUT2D eigenvalue weighted by molar-refractivity contribution is 5.93. The van der Waals surface area contributed by atoms with E-state index in [4.69, 9.17) is 5.26 Å². The first-order chi connectivity index (χ1) is 16.1. The second-order valence-electron chi connectivity index (χ2n) is 8.63. The van der Waals surface area contributed by atoms with Crippen molar-refractivity contribution in [2.75, 3.05) is 13.1 Å². The van der Waals surface area contributed by atoms with E-state index < -0.39 is 23.6 Å². The molecule has 34 heavy (non-hydrogen) atoms. The third-order valence-corrected chi connectivity index (χ3v) is 6.27. The summed E-state index contributed by atoms with van der Waals surface area (Å²) < 4.78 is 42.2. The third kappa shape index (κ3) is 5.98. The summed E-state index contributed by atoms with van der Waals surface area (Å²) in [5, 5.41) is 14.4. The van der Waals surface area contributed by atoms with Crippen LogP contribution < -0.4 is 15.4 Å². The summed E-state index contributed by atoms with van der Waals surface area (Å²) in [6, 6.07) is 5.36. The van der Waals surface area contributed by atoms with Crippen LogP contribution in [0.3, 0.4) is 0 Å². The maximum Gasteiger partial charge on any atom is 0.573 e. The number of amides is 3. The Morgan fingerprint density at radius 2 is 2.00 bits per heavy atom. The van der Waals surface area contributed by atoms with Crippen LogP contribution in [0, 0.1) is 17.2 Å². The minimum Gasteiger partial charge on any atom is -0.405 e. The molecule has 1 heterocycles. The number of hydrogen-bond acceptors (Lipinski definition) is 5. The van der Waals surface area contributed by atoms with Gasteiger partial charge in [-0.3, -0.25) is 14.4 Å². The highest BCUT2D eigenvalue weighted by Gasteiger charge is 2.48. The number of benzene rings is 1. The van der Waals surface area contributed by atoms with Gasteiger partial charge in [-0.05, 0) is 44.2 Å². The van der Waals surface area contributed by atoms with Crippen LogP contribution in [0.4, 0.5) is 13.2 Å². The molecule has 0 bridgehead atoms. The Morgan fingerprint density at radius 1 is 1.26 bits per heavy atom. The molecule has 0 spiro atoms. The van der Waals surface area contributed by atoms with E-state index in [0.717, 1.165) is 12.5 Å². The second kappa shape index (κ2) is 10.3. The van der Waals surface area contributed by atoms with Gasteiger partial charge in [0.1, 0.15) is 11.3 Å². The summed E-state index contributed by atoms with van der Waals surface area (Å²) in [6.45, 7) is 2.14. The molecule has 1 aliphatic heterocycles. The van der Waals surface area contributed by atoms with Gasteiger partial charge in [0, 0.05) is 31.6 Å². The summed E-state index contributed by atoms with van der Waals surface area (Å²) in [5.74, 6) is -1.85. The zero-order valence-corrected chi connectivity index (χ0v) is 18.8. The quantitative estimate of drug-likeness (QED) is 0.624. The number of alkyl halides is 3. The third-order valence-electron chi connectivity index (χ3n) is 6.27. The summed E-state index contributed by atoms with van der Waals surface area (Å²) in [5.41, 5.74) is -0.836. The summed E-state index contributed by atoms with van der Waals surface area (Å²) in [6.07, 6.45) is -1.58. The first-order valence-corrected chi connectivity index (χ1v) is 11.2. The van der Waals surface area contributed by atoms with E-state index in [9.17, 15) is 27.6 Å². The Bertz CT molecular complexity index is 985. The highest BCUT2D eigenvalue weighted by Crippen LogP contribution is 2.35. The smallest absolute Gasteiger partial charge is 0.405 e. The summed E-state index contributed by atoms with van der Waals surface area (Å²) in [7, 11) is 0. The van der Waals surface area contributed by atoms with Crippen LogP contribution in [-0.2, 0) is 20.9 Å². The van der Waals surface area contributed by atoms with Gasteiger partial charge in [-0.15, -0.1) is 13.2 Å². The second-order valence-corrected chi connectivity index (χ2v) is 8.63. The maximum atomic E-state index is 13.2. The Kier molecular flexibility index (Phi) is 7.69. The number of nitrogens with zero attached hydrogens (tertiary/aromatic N) is 2. The van der Waals surface area contributed by atoms with Crippen LogP contribution in [0.15, 0.2) is 18.2 Å². The molecular weight excluding hydrogens is 453 g/mol. The van der Waals surface area contributed by atoms with E-state index in [2.05, 4.69) is 15.4 Å². The van der Waals surface area contributed by atoms with E-state index in [-0.39, 0.29) is 48.4 Å². The number of nitriles is 1. The molecule has 1 aliphatic carbocycles. The SMILES string of the molecule is CCC(=O)NC1(C(=O)N2CCC[C@@H](C(=O)NCc3ccc(C#N)cc3OC(F)(F)F)C2)CCC1. The minimum absolute atomic E-state index is 0.00384. The first kappa shape index (κ1) is 25.3. The molecule has 11 heteroatoms. The molecule has 1 atom stereocenters. The van der Waals surface area contributed by atoms with Crippen molar-refractivity contribution >= 4 is 17.7 Å².